The van der Waals surface area contributed by atoms with Crippen LogP contribution in [0.5, 0.6) is 0 Å². The van der Waals surface area contributed by atoms with Crippen molar-refractivity contribution in [2.75, 3.05) is 13.2 Å². The van der Waals surface area contributed by atoms with Crippen LogP contribution in [0.25, 0.3) is 0 Å². The van der Waals surface area contributed by atoms with Crippen molar-refractivity contribution in [2.24, 2.45) is 0 Å². The van der Waals surface area contributed by atoms with E-state index in [1.54, 1.807) is 0 Å². The lowest BCUT2D eigenvalue weighted by atomic mass is 10.1. The first-order chi connectivity index (χ1) is 19.6. The molecule has 0 aromatic carbocycles. The van der Waals surface area contributed by atoms with E-state index in [0.717, 1.165) is 64.2 Å². The second kappa shape index (κ2) is 31.4. The summed E-state index contributed by atoms with van der Waals surface area (Å²) in [6.45, 7) is 3.95. The van der Waals surface area contributed by atoms with E-state index in [0.29, 0.717) is 12.8 Å². The highest BCUT2D eigenvalue weighted by molar-refractivity contribution is 5.70. The van der Waals surface area contributed by atoms with Crippen LogP contribution in [-0.2, 0) is 19.1 Å². The first kappa shape index (κ1) is 37.9. The lowest BCUT2D eigenvalue weighted by Gasteiger charge is -2.15. The second-order valence-corrected chi connectivity index (χ2v) is 10.5. The van der Waals surface area contributed by atoms with Gasteiger partial charge in [-0.05, 0) is 51.4 Å². The minimum atomic E-state index is -0.789. The minimum absolute atomic E-state index is 0.0823. The van der Waals surface area contributed by atoms with Crippen LogP contribution in [0, 0.1) is 0 Å². The van der Waals surface area contributed by atoms with Crippen LogP contribution < -0.4 is 0 Å². The molecule has 0 aliphatic heterocycles. The number of aliphatic hydroxyl groups excluding tert-OH is 1. The highest BCUT2D eigenvalue weighted by Gasteiger charge is 2.16. The van der Waals surface area contributed by atoms with Gasteiger partial charge in [0.15, 0.2) is 6.10 Å². The summed E-state index contributed by atoms with van der Waals surface area (Å²) in [5.74, 6) is -0.644. The second-order valence-electron chi connectivity index (χ2n) is 10.5. The summed E-state index contributed by atoms with van der Waals surface area (Å²) in [4.78, 5) is 24.0. The lowest BCUT2D eigenvalue weighted by Crippen LogP contribution is -2.28. The Morgan fingerprint density at radius 1 is 0.600 bits per heavy atom. The largest absolute Gasteiger partial charge is 0.462 e. The number of allylic oxidation sites excluding steroid dienone is 8. The Kier molecular flexibility index (Phi) is 29.7. The third-order valence-corrected chi connectivity index (χ3v) is 6.64. The standard InChI is InChI=1S/C35H60O5/c1-3-5-7-9-11-13-15-16-17-18-20-22-24-26-28-30-35(38)40-33(31-36)32-39-34(37)29-27-25-23-21-19-14-12-10-8-6-4-2/h5,7,11,13,16-17,20,22,33,36H,3-4,6,8-10,12,14-15,18-19,21,23-32H2,1-2H3. The number of unbranched alkanes of at least 4 members (excludes halogenated alkanes) is 12. The fraction of sp³-hybridized carbons (Fsp3) is 0.714. The van der Waals surface area contributed by atoms with Gasteiger partial charge in [-0.15, -0.1) is 0 Å². The van der Waals surface area contributed by atoms with Crippen molar-refractivity contribution in [1.29, 1.82) is 0 Å². The molecule has 0 radical (unpaired) electrons. The number of esters is 2. The summed E-state index contributed by atoms with van der Waals surface area (Å²) < 4.78 is 10.5. The Morgan fingerprint density at radius 3 is 1.62 bits per heavy atom. The van der Waals surface area contributed by atoms with E-state index in [2.05, 4.69) is 62.5 Å². The average Bonchev–Trinajstić information content (AvgIpc) is 2.96. The minimum Gasteiger partial charge on any atom is -0.462 e. The van der Waals surface area contributed by atoms with Gasteiger partial charge in [0, 0.05) is 12.8 Å². The molecule has 0 amide bonds. The Labute approximate surface area is 246 Å². The summed E-state index contributed by atoms with van der Waals surface area (Å²) in [5.41, 5.74) is 0. The number of rotatable bonds is 28. The molecule has 0 saturated carbocycles. The Balaban J connectivity index is 3.69. The van der Waals surface area contributed by atoms with Crippen molar-refractivity contribution in [3.63, 3.8) is 0 Å². The van der Waals surface area contributed by atoms with Crippen molar-refractivity contribution < 1.29 is 24.2 Å². The van der Waals surface area contributed by atoms with Crippen LogP contribution in [0.3, 0.4) is 0 Å². The van der Waals surface area contributed by atoms with E-state index < -0.39 is 6.10 Å². The van der Waals surface area contributed by atoms with Crippen LogP contribution in [0.1, 0.15) is 142 Å². The molecule has 0 heterocycles. The van der Waals surface area contributed by atoms with Crippen molar-refractivity contribution in [3.8, 4) is 0 Å². The predicted molar refractivity (Wildman–Crippen MR) is 168 cm³/mol. The molecule has 230 valence electrons. The third-order valence-electron chi connectivity index (χ3n) is 6.64. The van der Waals surface area contributed by atoms with Crippen molar-refractivity contribution in [2.45, 2.75) is 148 Å². The fourth-order valence-electron chi connectivity index (χ4n) is 4.19. The molecule has 1 atom stereocenters. The zero-order valence-corrected chi connectivity index (χ0v) is 25.8. The number of hydrogen-bond acceptors (Lipinski definition) is 5. The Hall–Kier alpha value is -2.14. The highest BCUT2D eigenvalue weighted by atomic mass is 16.6. The first-order valence-corrected chi connectivity index (χ1v) is 16.2. The molecule has 5 heteroatoms. The van der Waals surface area contributed by atoms with E-state index in [9.17, 15) is 14.7 Å². The lowest BCUT2D eigenvalue weighted by molar-refractivity contribution is -0.161. The summed E-state index contributed by atoms with van der Waals surface area (Å²) in [6, 6.07) is 0. The molecule has 40 heavy (non-hydrogen) atoms. The predicted octanol–water partition coefficient (Wildman–Crippen LogP) is 9.50. The van der Waals surface area contributed by atoms with Gasteiger partial charge in [0.05, 0.1) is 6.61 Å². The summed E-state index contributed by atoms with van der Waals surface area (Å²) in [6.07, 6.45) is 37.3. The third kappa shape index (κ3) is 28.9. The highest BCUT2D eigenvalue weighted by Crippen LogP contribution is 2.12. The molecule has 0 aliphatic rings. The van der Waals surface area contributed by atoms with Crippen molar-refractivity contribution in [3.05, 3.63) is 48.6 Å². The molecule has 0 aliphatic carbocycles. The Morgan fingerprint density at radius 2 is 1.07 bits per heavy atom. The van der Waals surface area contributed by atoms with Gasteiger partial charge in [0.25, 0.3) is 0 Å². The molecule has 0 spiro atoms. The molecule has 5 nitrogen and oxygen atoms in total. The topological polar surface area (TPSA) is 72.8 Å². The quantitative estimate of drug-likeness (QED) is 0.0586. The van der Waals surface area contributed by atoms with Crippen molar-refractivity contribution in [1.82, 2.24) is 0 Å². The zero-order valence-electron chi connectivity index (χ0n) is 25.8. The number of aliphatic hydroxyl groups is 1. The fourth-order valence-corrected chi connectivity index (χ4v) is 4.19. The smallest absolute Gasteiger partial charge is 0.306 e. The summed E-state index contributed by atoms with van der Waals surface area (Å²) in [5, 5.41) is 9.48. The molecule has 1 N–H and O–H groups in total. The molecular formula is C35H60O5. The monoisotopic (exact) mass is 560 g/mol. The van der Waals surface area contributed by atoms with Crippen LogP contribution in [0.2, 0.25) is 0 Å². The van der Waals surface area contributed by atoms with Gasteiger partial charge in [0.2, 0.25) is 0 Å². The van der Waals surface area contributed by atoms with Crippen LogP contribution in [-0.4, -0.2) is 36.4 Å². The SMILES string of the molecule is CCC=CCC=CCC=CCC=CCCCCC(=O)OC(CO)COC(=O)CCCCCCCCCCCCC. The number of carbonyl (C=O) groups is 2. The van der Waals surface area contributed by atoms with Crippen molar-refractivity contribution >= 4 is 11.9 Å². The van der Waals surface area contributed by atoms with Gasteiger partial charge >= 0.3 is 11.9 Å². The molecular weight excluding hydrogens is 500 g/mol. The molecule has 0 fully saturated rings. The maximum absolute atomic E-state index is 12.1. The normalized spacial score (nSPS) is 12.8. The maximum Gasteiger partial charge on any atom is 0.306 e. The Bertz CT molecular complexity index is 692. The van der Waals surface area contributed by atoms with E-state index in [4.69, 9.17) is 9.47 Å². The van der Waals surface area contributed by atoms with Crippen LogP contribution in [0.4, 0.5) is 0 Å². The molecule has 0 aromatic rings. The molecule has 0 saturated heterocycles. The number of ether oxygens (including phenoxy) is 2. The average molecular weight is 561 g/mol. The molecule has 0 rings (SSSR count). The summed E-state index contributed by atoms with van der Waals surface area (Å²) >= 11 is 0. The van der Waals surface area contributed by atoms with Gasteiger partial charge in [-0.3, -0.25) is 9.59 Å². The van der Waals surface area contributed by atoms with E-state index >= 15 is 0 Å². The van der Waals surface area contributed by atoms with Gasteiger partial charge < -0.3 is 14.6 Å². The number of hydrogen-bond donors (Lipinski definition) is 1. The van der Waals surface area contributed by atoms with Gasteiger partial charge in [-0.2, -0.15) is 0 Å². The van der Waals surface area contributed by atoms with Gasteiger partial charge in [-0.25, -0.2) is 0 Å². The zero-order chi connectivity index (χ0) is 29.4. The molecule has 0 aromatic heterocycles. The van der Waals surface area contributed by atoms with E-state index in [1.807, 2.05) is 0 Å². The van der Waals surface area contributed by atoms with E-state index in [1.165, 1.54) is 51.4 Å². The molecule has 0 bridgehead atoms. The van der Waals surface area contributed by atoms with E-state index in [-0.39, 0.29) is 25.2 Å². The van der Waals surface area contributed by atoms with Crippen LogP contribution in [0.15, 0.2) is 48.6 Å². The maximum atomic E-state index is 12.1. The van der Waals surface area contributed by atoms with Crippen LogP contribution >= 0.6 is 0 Å². The first-order valence-electron chi connectivity index (χ1n) is 16.2. The van der Waals surface area contributed by atoms with Gasteiger partial charge in [0.1, 0.15) is 6.61 Å². The molecule has 1 unspecified atom stereocenters. The van der Waals surface area contributed by atoms with Gasteiger partial charge in [-0.1, -0.05) is 127 Å². The number of carbonyl (C=O) groups excluding carboxylic acids is 2. The summed E-state index contributed by atoms with van der Waals surface area (Å²) in [7, 11) is 0.